The van der Waals surface area contributed by atoms with Crippen molar-refractivity contribution in [3.8, 4) is 0 Å². The molecule has 38 heavy (non-hydrogen) atoms. The van der Waals surface area contributed by atoms with Crippen LogP contribution in [0.1, 0.15) is 68.5 Å². The van der Waals surface area contributed by atoms with Gasteiger partial charge >= 0.3 is 0 Å². The van der Waals surface area contributed by atoms with Gasteiger partial charge in [0.05, 0.1) is 11.6 Å². The number of aliphatic hydroxyl groups is 1. The summed E-state index contributed by atoms with van der Waals surface area (Å²) < 4.78 is 0. The first-order chi connectivity index (χ1) is 18.1. The Hall–Kier alpha value is -3.93. The highest BCUT2D eigenvalue weighted by Crippen LogP contribution is 2.41. The standard InChI is InChI=1S/C32H37N3O3/c1-7-34(8-2)25-13-10-23(11-14-25)28-27(29(36)26-19-24(32(4,5)6)12-9-21(26)3)30(37)31(38)35(28)20-22-15-17-33-18-16-22/h9-19,28,36H,7-8,20H2,1-6H3/b29-27+. The molecule has 1 N–H and O–H groups in total. The van der Waals surface area contributed by atoms with Crippen LogP contribution in [-0.2, 0) is 21.5 Å². The van der Waals surface area contributed by atoms with Crippen LogP contribution in [0.5, 0.6) is 0 Å². The van der Waals surface area contributed by atoms with E-state index in [1.807, 2.05) is 61.5 Å². The maximum Gasteiger partial charge on any atom is 0.295 e. The van der Waals surface area contributed by atoms with Crippen molar-refractivity contribution in [1.29, 1.82) is 0 Å². The largest absolute Gasteiger partial charge is 0.507 e. The predicted octanol–water partition coefficient (Wildman–Crippen LogP) is 6.16. The first-order valence-corrected chi connectivity index (χ1v) is 13.2. The Labute approximate surface area is 225 Å². The molecule has 2 aromatic carbocycles. The number of carbonyl (C=O) groups excluding carboxylic acids is 2. The number of likely N-dealkylation sites (tertiary alicyclic amines) is 1. The number of amides is 1. The predicted molar refractivity (Wildman–Crippen MR) is 152 cm³/mol. The summed E-state index contributed by atoms with van der Waals surface area (Å²) in [6, 6.07) is 16.8. The van der Waals surface area contributed by atoms with E-state index < -0.39 is 17.7 Å². The van der Waals surface area contributed by atoms with Crippen molar-refractivity contribution in [2.45, 2.75) is 59.5 Å². The van der Waals surface area contributed by atoms with Crippen LogP contribution in [0.4, 0.5) is 5.69 Å². The highest BCUT2D eigenvalue weighted by molar-refractivity contribution is 6.46. The topological polar surface area (TPSA) is 73.7 Å². The second-order valence-electron chi connectivity index (χ2n) is 10.8. The molecule has 6 nitrogen and oxygen atoms in total. The minimum atomic E-state index is -0.716. The van der Waals surface area contributed by atoms with Gasteiger partial charge in [0.15, 0.2) is 0 Å². The third-order valence-electron chi connectivity index (χ3n) is 7.34. The summed E-state index contributed by atoms with van der Waals surface area (Å²) >= 11 is 0. The van der Waals surface area contributed by atoms with Crippen LogP contribution in [0, 0.1) is 6.92 Å². The summed E-state index contributed by atoms with van der Waals surface area (Å²) in [7, 11) is 0. The highest BCUT2D eigenvalue weighted by atomic mass is 16.3. The molecule has 1 amide bonds. The first kappa shape index (κ1) is 27.1. The van der Waals surface area contributed by atoms with Crippen molar-refractivity contribution >= 4 is 23.1 Å². The van der Waals surface area contributed by atoms with Gasteiger partial charge in [-0.1, -0.05) is 45.0 Å². The van der Waals surface area contributed by atoms with Gasteiger partial charge in [-0.25, -0.2) is 0 Å². The van der Waals surface area contributed by atoms with E-state index in [0.717, 1.165) is 41.0 Å². The summed E-state index contributed by atoms with van der Waals surface area (Å²) in [4.78, 5) is 34.8. The third kappa shape index (κ3) is 5.21. The molecule has 1 aliphatic rings. The van der Waals surface area contributed by atoms with Crippen LogP contribution in [0.15, 0.2) is 72.6 Å². The zero-order valence-corrected chi connectivity index (χ0v) is 23.2. The SMILES string of the molecule is CCN(CC)c1ccc(C2/C(=C(\O)c3cc(C(C)(C)C)ccc3C)C(=O)C(=O)N2Cc2ccncc2)cc1. The van der Waals surface area contributed by atoms with E-state index in [4.69, 9.17) is 0 Å². The molecule has 198 valence electrons. The van der Waals surface area contributed by atoms with Crippen LogP contribution in [0.2, 0.25) is 0 Å². The molecular formula is C32H37N3O3. The highest BCUT2D eigenvalue weighted by Gasteiger charge is 2.46. The Morgan fingerprint density at radius 2 is 1.61 bits per heavy atom. The number of rotatable bonds is 7. The average Bonchev–Trinajstić information content (AvgIpc) is 3.14. The van der Waals surface area contributed by atoms with E-state index in [1.54, 1.807) is 17.3 Å². The summed E-state index contributed by atoms with van der Waals surface area (Å²) in [6.07, 6.45) is 3.34. The van der Waals surface area contributed by atoms with E-state index >= 15 is 0 Å². The molecule has 4 rings (SSSR count). The number of aryl methyl sites for hydroxylation is 1. The summed E-state index contributed by atoms with van der Waals surface area (Å²) in [5.74, 6) is -1.43. The van der Waals surface area contributed by atoms with Crippen molar-refractivity contribution in [2.24, 2.45) is 0 Å². The fourth-order valence-electron chi connectivity index (χ4n) is 5.02. The van der Waals surface area contributed by atoms with Gasteiger partial charge in [0.25, 0.3) is 11.7 Å². The van der Waals surface area contributed by atoms with Crippen molar-refractivity contribution < 1.29 is 14.7 Å². The van der Waals surface area contributed by atoms with Crippen LogP contribution in [0.25, 0.3) is 5.76 Å². The first-order valence-electron chi connectivity index (χ1n) is 13.2. The second-order valence-corrected chi connectivity index (χ2v) is 10.8. The fraction of sp³-hybridized carbons (Fsp3) is 0.344. The van der Waals surface area contributed by atoms with E-state index in [0.29, 0.717) is 5.56 Å². The van der Waals surface area contributed by atoms with Gasteiger partial charge in [-0.05, 0) is 78.8 Å². The number of carbonyl (C=O) groups is 2. The molecule has 1 aromatic heterocycles. The quantitative estimate of drug-likeness (QED) is 0.234. The van der Waals surface area contributed by atoms with Crippen LogP contribution < -0.4 is 4.90 Å². The number of hydrogen-bond donors (Lipinski definition) is 1. The zero-order chi connectivity index (χ0) is 27.6. The summed E-state index contributed by atoms with van der Waals surface area (Å²) in [5.41, 5.74) is 5.13. The van der Waals surface area contributed by atoms with Gasteiger partial charge in [0, 0.05) is 43.3 Å². The Kier molecular flexibility index (Phi) is 7.72. The summed E-state index contributed by atoms with van der Waals surface area (Å²) in [6.45, 7) is 14.4. The van der Waals surface area contributed by atoms with Gasteiger partial charge in [-0.15, -0.1) is 0 Å². The number of nitrogens with zero attached hydrogens (tertiary/aromatic N) is 3. The maximum atomic E-state index is 13.5. The molecule has 1 atom stereocenters. The lowest BCUT2D eigenvalue weighted by Gasteiger charge is -2.27. The lowest BCUT2D eigenvalue weighted by molar-refractivity contribution is -0.140. The number of anilines is 1. The molecule has 0 aliphatic carbocycles. The number of benzene rings is 2. The minimum Gasteiger partial charge on any atom is -0.507 e. The van der Waals surface area contributed by atoms with Crippen LogP contribution >= 0.6 is 0 Å². The Bertz CT molecular complexity index is 1350. The fourth-order valence-corrected chi connectivity index (χ4v) is 5.02. The number of aliphatic hydroxyl groups excluding tert-OH is 1. The molecule has 0 saturated carbocycles. The zero-order valence-electron chi connectivity index (χ0n) is 23.2. The maximum absolute atomic E-state index is 13.5. The van der Waals surface area contributed by atoms with Gasteiger partial charge in [-0.2, -0.15) is 0 Å². The number of hydrogen-bond acceptors (Lipinski definition) is 5. The van der Waals surface area contributed by atoms with E-state index in [9.17, 15) is 14.7 Å². The summed E-state index contributed by atoms with van der Waals surface area (Å²) in [5, 5.41) is 11.7. The monoisotopic (exact) mass is 511 g/mol. The lowest BCUT2D eigenvalue weighted by Crippen LogP contribution is -2.29. The lowest BCUT2D eigenvalue weighted by atomic mass is 9.84. The normalized spacial score (nSPS) is 17.2. The van der Waals surface area contributed by atoms with E-state index in [-0.39, 0.29) is 23.3 Å². The van der Waals surface area contributed by atoms with Gasteiger partial charge in [0.1, 0.15) is 5.76 Å². The third-order valence-corrected chi connectivity index (χ3v) is 7.34. The number of ketones is 1. The van der Waals surface area contributed by atoms with Crippen molar-refractivity contribution in [3.05, 3.63) is 100 Å². The molecule has 0 radical (unpaired) electrons. The Morgan fingerprint density at radius 1 is 0.974 bits per heavy atom. The van der Waals surface area contributed by atoms with Crippen molar-refractivity contribution in [1.82, 2.24) is 9.88 Å². The Morgan fingerprint density at radius 3 is 2.18 bits per heavy atom. The average molecular weight is 512 g/mol. The van der Waals surface area contributed by atoms with Crippen molar-refractivity contribution in [3.63, 3.8) is 0 Å². The Balaban J connectivity index is 1.89. The minimum absolute atomic E-state index is 0.119. The molecule has 2 heterocycles. The molecule has 1 saturated heterocycles. The number of pyridine rings is 1. The van der Waals surface area contributed by atoms with Crippen LogP contribution in [-0.4, -0.2) is 39.8 Å². The smallest absolute Gasteiger partial charge is 0.295 e. The molecule has 0 bridgehead atoms. The molecule has 6 heteroatoms. The molecule has 0 spiro atoms. The number of aromatic nitrogens is 1. The second kappa shape index (κ2) is 10.8. The molecule has 1 aliphatic heterocycles. The van der Waals surface area contributed by atoms with E-state index in [1.165, 1.54) is 0 Å². The van der Waals surface area contributed by atoms with Crippen molar-refractivity contribution in [2.75, 3.05) is 18.0 Å². The molecule has 1 unspecified atom stereocenters. The van der Waals surface area contributed by atoms with Gasteiger partial charge < -0.3 is 14.9 Å². The van der Waals surface area contributed by atoms with Gasteiger partial charge in [0.2, 0.25) is 0 Å². The van der Waals surface area contributed by atoms with Crippen LogP contribution in [0.3, 0.4) is 0 Å². The molecule has 1 fully saturated rings. The molecular weight excluding hydrogens is 474 g/mol. The van der Waals surface area contributed by atoms with E-state index in [2.05, 4.69) is 44.5 Å². The molecule has 3 aromatic rings. The number of Topliss-reactive ketones (excluding diaryl/α,β-unsaturated/α-hetero) is 1. The van der Waals surface area contributed by atoms with Gasteiger partial charge in [-0.3, -0.25) is 14.6 Å².